The van der Waals surface area contributed by atoms with Gasteiger partial charge in [0.15, 0.2) is 75.8 Å². The fourth-order valence-corrected chi connectivity index (χ4v) is 11.3. The molecule has 44 heteroatoms. The van der Waals surface area contributed by atoms with Gasteiger partial charge in [-0.15, -0.1) is 0 Å². The SMILES string of the molecule is CCCCCCc1ccc2cc1OCC[n+]1ccc(cc1)-c1cc[n+](cc1)Cc1cc(cc(-c3ccc(C(C)(C)C)cc3)c1)C[n+]1ccc(cc1)-c1cc[n+](cc1)CCO2.F[P-](F)(F)(F)(F)F.F[P-](F)(F)(F)(F)F.F[P-](F)(F)(F)(F)F.F[P-](F)(F)(F)(F)F.c1cc2ccc1OCCOCCOCCOCCOc1ccc(cc1)OCCOCCOCCOCCO2. The number of ether oxygens (including phenoxy) is 12. The molecule has 0 unspecified atom stereocenters. The van der Waals surface area contributed by atoms with E-state index in [-0.39, 0.29) is 5.41 Å². The van der Waals surface area contributed by atoms with Gasteiger partial charge in [-0.25, -0.2) is 18.3 Å². The normalized spacial score (nSPS) is 17.2. The number of pyridine rings is 4. The molecule has 0 saturated carbocycles. The summed E-state index contributed by atoms with van der Waals surface area (Å²) >= 11 is 0. The van der Waals surface area contributed by atoms with Gasteiger partial charge in [-0.05, 0) is 136 Å². The summed E-state index contributed by atoms with van der Waals surface area (Å²) in [6.45, 7) is 21.1. The minimum Gasteiger partial charge on any atom is -0.491 e. The molecule has 0 atom stereocenters. The van der Waals surface area contributed by atoms with Gasteiger partial charge in [-0.3, -0.25) is 0 Å². The smallest absolute Gasteiger partial charge is 0.119 e. The Balaban J connectivity index is 0.000000313. The molecule has 12 aliphatic heterocycles. The van der Waals surface area contributed by atoms with Crippen LogP contribution in [0.2, 0.25) is 0 Å². The summed E-state index contributed by atoms with van der Waals surface area (Å²) in [5, 5.41) is 0. The van der Waals surface area contributed by atoms with Gasteiger partial charge in [0, 0.05) is 65.7 Å². The molecule has 0 saturated heterocycles. The Labute approximate surface area is 712 Å². The number of rotatable bonds is 6. The van der Waals surface area contributed by atoms with Gasteiger partial charge in [0.1, 0.15) is 74.1 Å². The molecule has 16 heterocycles. The van der Waals surface area contributed by atoms with Gasteiger partial charge >= 0.3 is 132 Å². The predicted molar refractivity (Wildman–Crippen MR) is 433 cm³/mol. The van der Waals surface area contributed by atoms with Crippen LogP contribution in [-0.2, 0) is 66.4 Å². The van der Waals surface area contributed by atoms with Gasteiger partial charge in [0.25, 0.3) is 0 Å². The Hall–Kier alpha value is -8.70. The molecule has 126 heavy (non-hydrogen) atoms. The molecule has 0 N–H and O–H groups in total. The summed E-state index contributed by atoms with van der Waals surface area (Å²) in [4.78, 5) is 0. The number of nitrogens with zero attached hydrogens (tertiary/aromatic N) is 4. The fraction of sp³-hybridized carbons (Fsp3) is 0.390. The van der Waals surface area contributed by atoms with Crippen molar-refractivity contribution in [2.45, 2.75) is 91.4 Å². The molecule has 21 rings (SSSR count). The van der Waals surface area contributed by atoms with E-state index in [4.69, 9.17) is 56.8 Å². The second-order valence-corrected chi connectivity index (χ2v) is 36.8. The van der Waals surface area contributed by atoms with E-state index in [1.165, 1.54) is 74.9 Å². The summed E-state index contributed by atoms with van der Waals surface area (Å²) < 4.78 is 314. The molecule has 0 spiro atoms. The van der Waals surface area contributed by atoms with Crippen LogP contribution >= 0.6 is 31.2 Å². The number of aryl methyl sites for hydroxylation is 1. The average molecular weight is 1910 g/mol. The summed E-state index contributed by atoms with van der Waals surface area (Å²) in [7, 11) is -42.6. The van der Waals surface area contributed by atoms with Crippen molar-refractivity contribution < 1.29 is 176 Å². The number of unbranched alkanes of at least 4 members (excludes halogenated alkanes) is 3. The van der Waals surface area contributed by atoms with Crippen molar-refractivity contribution in [1.29, 1.82) is 0 Å². The molecular formula is C82H100F24N4O12P4. The fourth-order valence-electron chi connectivity index (χ4n) is 11.3. The summed E-state index contributed by atoms with van der Waals surface area (Å²) in [6, 6.07) is 55.1. The van der Waals surface area contributed by atoms with E-state index in [0.29, 0.717) is 119 Å². The largest absolute Gasteiger partial charge is 0.491 e. The average Bonchev–Trinajstić information content (AvgIpc) is 0.795. The zero-order chi connectivity index (χ0) is 93.3. The van der Waals surface area contributed by atoms with Crippen molar-refractivity contribution in [2.75, 3.05) is 119 Å². The molecule has 4 aromatic heterocycles. The summed E-state index contributed by atoms with van der Waals surface area (Å²) in [5.41, 5.74) is 12.5. The maximum absolute atomic E-state index is 10.7. The standard InChI is InChI=1S/C54H60N4O2.C28H40O10.4F6P/c1-5-6-7-8-9-49-12-15-52-39-53(49)60-35-33-56-26-18-46(19-27-56)48-22-30-58(31-23-48)41-43-36-42(37-50(38-43)44-10-13-51(14-11-44)54(2,3)4)40-57-28-20-47(21-29-57)45-16-24-55(25-17-45)32-34-59-52;1-2-26-4-3-25(1)35-21-17-31-13-9-29-11-15-33-19-23-37-27-5-7-28(8-6-27)38-24-20-34-16-12-30-10-14-32-18-22-36-26;4*1-7(2,3,4,5)6/h10-31,36-39H,5-9,32-35,40-41H2,1-4H3;1-8H,9-24H2;;;;/q+4;;4*-1. The van der Waals surface area contributed by atoms with Crippen LogP contribution in [0, 0.1) is 0 Å². The van der Waals surface area contributed by atoms with Crippen molar-refractivity contribution in [3.05, 3.63) is 230 Å². The van der Waals surface area contributed by atoms with Crippen LogP contribution in [0.25, 0.3) is 33.4 Å². The number of halogens is 24. The number of aromatic nitrogens is 4. The Kier molecular flexibility index (Phi) is 35.9. The van der Waals surface area contributed by atoms with Crippen molar-refractivity contribution in [3.8, 4) is 67.9 Å². The molecule has 0 aliphatic carbocycles. The first-order valence-electron chi connectivity index (χ1n) is 39.0. The van der Waals surface area contributed by atoms with Crippen LogP contribution in [0.5, 0.6) is 34.5 Å². The second kappa shape index (κ2) is 42.7. The van der Waals surface area contributed by atoms with E-state index in [9.17, 15) is 101 Å². The third-order valence-corrected chi connectivity index (χ3v) is 16.8. The summed E-state index contributed by atoms with van der Waals surface area (Å²) in [6.07, 6.45) is 23.3. The third kappa shape index (κ3) is 57.2. The van der Waals surface area contributed by atoms with Crippen LogP contribution in [0.1, 0.15) is 75.6 Å². The van der Waals surface area contributed by atoms with E-state index in [0.717, 1.165) is 73.5 Å². The Morgan fingerprint density at radius 3 is 0.817 bits per heavy atom. The minimum absolute atomic E-state index is 0.111. The van der Waals surface area contributed by atoms with Crippen LogP contribution < -0.4 is 46.7 Å². The van der Waals surface area contributed by atoms with Crippen LogP contribution in [0.4, 0.5) is 101 Å². The first-order chi connectivity index (χ1) is 57.9. The Morgan fingerprint density at radius 1 is 0.262 bits per heavy atom. The number of hydrogen-bond donors (Lipinski definition) is 0. The topological polar surface area (TPSA) is 126 Å². The monoisotopic (exact) mass is 1910 g/mol. The molecule has 0 fully saturated rings. The van der Waals surface area contributed by atoms with Crippen molar-refractivity contribution >= 4 is 31.2 Å². The predicted octanol–water partition coefficient (Wildman–Crippen LogP) is 26.4. The van der Waals surface area contributed by atoms with Crippen molar-refractivity contribution in [1.82, 2.24) is 0 Å². The van der Waals surface area contributed by atoms with E-state index >= 15 is 0 Å². The van der Waals surface area contributed by atoms with Gasteiger partial charge < -0.3 is 56.8 Å². The maximum Gasteiger partial charge on any atom is 0.119 e. The molecule has 16 bridgehead atoms. The van der Waals surface area contributed by atoms with Gasteiger partial charge in [-0.1, -0.05) is 77.3 Å². The molecule has 9 aromatic rings. The minimum atomic E-state index is -10.7. The van der Waals surface area contributed by atoms with Crippen molar-refractivity contribution in [2.24, 2.45) is 0 Å². The van der Waals surface area contributed by atoms with Gasteiger partial charge in [-0.2, -0.15) is 0 Å². The van der Waals surface area contributed by atoms with E-state index in [2.05, 4.69) is 205 Å². The van der Waals surface area contributed by atoms with Gasteiger partial charge in [0.2, 0.25) is 0 Å². The summed E-state index contributed by atoms with van der Waals surface area (Å²) in [5.74, 6) is 4.82. The second-order valence-electron chi connectivity index (χ2n) is 29.2. The van der Waals surface area contributed by atoms with Crippen LogP contribution in [0.3, 0.4) is 0 Å². The number of hydrogen-bond acceptors (Lipinski definition) is 12. The molecule has 708 valence electrons. The maximum atomic E-state index is 9.87. The van der Waals surface area contributed by atoms with Gasteiger partial charge in [0.05, 0.1) is 79.3 Å². The van der Waals surface area contributed by atoms with Crippen molar-refractivity contribution in [3.63, 3.8) is 0 Å². The first-order valence-corrected chi connectivity index (χ1v) is 47.1. The Morgan fingerprint density at radius 2 is 0.524 bits per heavy atom. The molecule has 0 amide bonds. The molecule has 16 nitrogen and oxygen atoms in total. The quantitative estimate of drug-likeness (QED) is 0.0681. The number of benzene rings is 5. The van der Waals surface area contributed by atoms with Crippen LogP contribution in [-0.4, -0.2) is 119 Å². The van der Waals surface area contributed by atoms with E-state index < -0.39 is 31.2 Å². The third-order valence-electron chi connectivity index (χ3n) is 16.8. The molecular weight excluding hydrogens is 1810 g/mol. The van der Waals surface area contributed by atoms with E-state index in [1.807, 2.05) is 48.5 Å². The molecule has 12 aliphatic rings. The molecule has 5 aromatic carbocycles. The van der Waals surface area contributed by atoms with Crippen LogP contribution in [0.15, 0.2) is 207 Å². The zero-order valence-electron chi connectivity index (χ0n) is 68.8. The first kappa shape index (κ1) is 106. The molecule has 0 radical (unpaired) electrons. The Bertz CT molecular complexity index is 4490. The van der Waals surface area contributed by atoms with E-state index in [1.54, 1.807) is 0 Å². The zero-order valence-corrected chi connectivity index (χ0v) is 72.3.